The van der Waals surface area contributed by atoms with Crippen molar-refractivity contribution in [1.82, 2.24) is 5.32 Å². The van der Waals surface area contributed by atoms with Crippen molar-refractivity contribution in [3.8, 4) is 5.75 Å². The van der Waals surface area contributed by atoms with Gasteiger partial charge in [-0.25, -0.2) is 8.78 Å². The maximum absolute atomic E-state index is 13.1. The number of hydrogen-bond donors (Lipinski definition) is 2. The molecule has 0 aromatic heterocycles. The minimum absolute atomic E-state index is 0.139. The average Bonchev–Trinajstić information content (AvgIpc) is 2.31. The molecule has 0 bridgehead atoms. The smallest absolute Gasteiger partial charge is 0.187 e. The minimum Gasteiger partial charge on any atom is -0.503 e. The van der Waals surface area contributed by atoms with Gasteiger partial charge in [-0.3, -0.25) is 0 Å². The van der Waals surface area contributed by atoms with E-state index in [2.05, 4.69) is 5.32 Å². The minimum atomic E-state index is -0.943. The van der Waals surface area contributed by atoms with Gasteiger partial charge >= 0.3 is 0 Å². The van der Waals surface area contributed by atoms with Crippen LogP contribution >= 0.6 is 0 Å². The molecule has 17 heavy (non-hydrogen) atoms. The van der Waals surface area contributed by atoms with E-state index in [1.165, 1.54) is 0 Å². The Labute approximate surface area is 99.4 Å². The van der Waals surface area contributed by atoms with Crippen molar-refractivity contribution in [3.05, 3.63) is 29.3 Å². The van der Waals surface area contributed by atoms with Gasteiger partial charge in [-0.1, -0.05) is 6.92 Å². The zero-order valence-corrected chi connectivity index (χ0v) is 9.96. The molecule has 0 spiro atoms. The molecular weight excluding hydrogens is 228 g/mol. The molecule has 1 aromatic rings. The third-order valence-corrected chi connectivity index (χ3v) is 2.53. The highest BCUT2D eigenvalue weighted by Gasteiger charge is 2.10. The Kier molecular flexibility index (Phi) is 5.31. The van der Waals surface area contributed by atoms with Crippen molar-refractivity contribution in [2.75, 3.05) is 13.7 Å². The van der Waals surface area contributed by atoms with Gasteiger partial charge in [0.25, 0.3) is 0 Å². The Hall–Kier alpha value is -1.20. The van der Waals surface area contributed by atoms with Gasteiger partial charge in [0.15, 0.2) is 17.4 Å². The lowest BCUT2D eigenvalue weighted by Crippen LogP contribution is -2.32. The van der Waals surface area contributed by atoms with Crippen molar-refractivity contribution < 1.29 is 18.6 Å². The lowest BCUT2D eigenvalue weighted by molar-refractivity contribution is 0.164. The van der Waals surface area contributed by atoms with Crippen molar-refractivity contribution in [2.45, 2.75) is 25.9 Å². The van der Waals surface area contributed by atoms with Gasteiger partial charge in [0.1, 0.15) is 0 Å². The Morgan fingerprint density at radius 2 is 1.94 bits per heavy atom. The molecule has 0 heterocycles. The first-order valence-corrected chi connectivity index (χ1v) is 5.47. The Balaban J connectivity index is 2.63. The SMILES string of the molecule is CCC(COC)NCc1cc(F)c(O)c(F)c1. The predicted octanol–water partition coefficient (Wildman–Crippen LogP) is 2.18. The maximum atomic E-state index is 13.1. The van der Waals surface area contributed by atoms with E-state index in [1.54, 1.807) is 7.11 Å². The topological polar surface area (TPSA) is 41.5 Å². The lowest BCUT2D eigenvalue weighted by Gasteiger charge is -2.16. The summed E-state index contributed by atoms with van der Waals surface area (Å²) in [4.78, 5) is 0. The molecule has 1 unspecified atom stereocenters. The highest BCUT2D eigenvalue weighted by atomic mass is 19.1. The molecule has 0 radical (unpaired) electrons. The summed E-state index contributed by atoms with van der Waals surface area (Å²) in [5.41, 5.74) is 0.451. The highest BCUT2D eigenvalue weighted by molar-refractivity contribution is 5.29. The second kappa shape index (κ2) is 6.51. The van der Waals surface area contributed by atoms with Crippen LogP contribution in [0.3, 0.4) is 0 Å². The van der Waals surface area contributed by atoms with Gasteiger partial charge in [0, 0.05) is 19.7 Å². The van der Waals surface area contributed by atoms with Crippen molar-refractivity contribution in [1.29, 1.82) is 0 Å². The molecule has 5 heteroatoms. The van der Waals surface area contributed by atoms with Crippen LogP contribution in [0.15, 0.2) is 12.1 Å². The molecule has 2 N–H and O–H groups in total. The lowest BCUT2D eigenvalue weighted by atomic mass is 10.1. The normalized spacial score (nSPS) is 12.7. The van der Waals surface area contributed by atoms with Crippen LogP contribution in [0.5, 0.6) is 5.75 Å². The summed E-state index contributed by atoms with van der Waals surface area (Å²) in [5.74, 6) is -2.82. The summed E-state index contributed by atoms with van der Waals surface area (Å²) in [7, 11) is 1.60. The molecular formula is C12H17F2NO2. The predicted molar refractivity (Wildman–Crippen MR) is 60.8 cm³/mol. The van der Waals surface area contributed by atoms with Gasteiger partial charge in [0.05, 0.1) is 6.61 Å². The van der Waals surface area contributed by atoms with Crippen LogP contribution in [0.25, 0.3) is 0 Å². The highest BCUT2D eigenvalue weighted by Crippen LogP contribution is 2.21. The van der Waals surface area contributed by atoms with E-state index < -0.39 is 17.4 Å². The zero-order valence-electron chi connectivity index (χ0n) is 9.96. The second-order valence-corrected chi connectivity index (χ2v) is 3.85. The van der Waals surface area contributed by atoms with E-state index in [0.29, 0.717) is 18.7 Å². The van der Waals surface area contributed by atoms with Crippen LogP contribution in [-0.2, 0) is 11.3 Å². The first-order chi connectivity index (χ1) is 8.08. The van der Waals surface area contributed by atoms with E-state index in [4.69, 9.17) is 9.84 Å². The fourth-order valence-corrected chi connectivity index (χ4v) is 1.50. The number of phenols is 1. The molecule has 0 aliphatic rings. The number of phenolic OH excluding ortho intramolecular Hbond substituents is 1. The second-order valence-electron chi connectivity index (χ2n) is 3.85. The summed E-state index contributed by atoms with van der Waals surface area (Å²) in [6.45, 7) is 2.87. The summed E-state index contributed by atoms with van der Waals surface area (Å²) in [6.07, 6.45) is 0.858. The molecule has 1 rings (SSSR count). The molecule has 0 amide bonds. The van der Waals surface area contributed by atoms with Crippen molar-refractivity contribution in [2.24, 2.45) is 0 Å². The fraction of sp³-hybridized carbons (Fsp3) is 0.500. The molecule has 1 aromatic carbocycles. The summed E-state index contributed by atoms with van der Waals surface area (Å²) >= 11 is 0. The van der Waals surface area contributed by atoms with Crippen LogP contribution in [0, 0.1) is 11.6 Å². The molecule has 0 saturated carbocycles. The van der Waals surface area contributed by atoms with Gasteiger partial charge in [0.2, 0.25) is 0 Å². The number of halogens is 2. The number of aromatic hydroxyl groups is 1. The van der Waals surface area contributed by atoms with Crippen LogP contribution in [0.2, 0.25) is 0 Å². The van der Waals surface area contributed by atoms with Gasteiger partial charge in [-0.05, 0) is 24.1 Å². The quantitative estimate of drug-likeness (QED) is 0.807. The number of methoxy groups -OCH3 is 1. The van der Waals surface area contributed by atoms with E-state index in [0.717, 1.165) is 18.6 Å². The number of nitrogens with one attached hydrogen (secondary N) is 1. The fourth-order valence-electron chi connectivity index (χ4n) is 1.50. The van der Waals surface area contributed by atoms with E-state index in [-0.39, 0.29) is 6.04 Å². The number of benzene rings is 1. The summed E-state index contributed by atoms with van der Waals surface area (Å²) in [5, 5.41) is 12.1. The monoisotopic (exact) mass is 245 g/mol. The first kappa shape index (κ1) is 13.9. The van der Waals surface area contributed by atoms with Crippen LogP contribution in [0.1, 0.15) is 18.9 Å². The van der Waals surface area contributed by atoms with Gasteiger partial charge in [-0.15, -0.1) is 0 Å². The molecule has 0 saturated heterocycles. The van der Waals surface area contributed by atoms with E-state index >= 15 is 0 Å². The molecule has 0 aliphatic carbocycles. The first-order valence-electron chi connectivity index (χ1n) is 5.47. The Bertz CT molecular complexity index is 349. The van der Waals surface area contributed by atoms with Crippen molar-refractivity contribution in [3.63, 3.8) is 0 Å². The van der Waals surface area contributed by atoms with Crippen molar-refractivity contribution >= 4 is 0 Å². The Morgan fingerprint density at radius 3 is 2.41 bits per heavy atom. The van der Waals surface area contributed by atoms with E-state index in [1.807, 2.05) is 6.92 Å². The Morgan fingerprint density at radius 1 is 1.35 bits per heavy atom. The summed E-state index contributed by atoms with van der Waals surface area (Å²) in [6, 6.07) is 2.37. The number of hydrogen-bond acceptors (Lipinski definition) is 3. The average molecular weight is 245 g/mol. The number of ether oxygens (including phenoxy) is 1. The third kappa shape index (κ3) is 3.94. The molecule has 0 fully saturated rings. The third-order valence-electron chi connectivity index (χ3n) is 2.53. The van der Waals surface area contributed by atoms with Gasteiger partial charge < -0.3 is 15.2 Å². The van der Waals surface area contributed by atoms with Crippen LogP contribution in [-0.4, -0.2) is 24.9 Å². The molecule has 96 valence electrons. The van der Waals surface area contributed by atoms with Crippen LogP contribution < -0.4 is 5.32 Å². The molecule has 3 nitrogen and oxygen atoms in total. The number of rotatable bonds is 6. The maximum Gasteiger partial charge on any atom is 0.187 e. The van der Waals surface area contributed by atoms with Gasteiger partial charge in [-0.2, -0.15) is 0 Å². The standard InChI is InChI=1S/C12H17F2NO2/c1-3-9(7-17-2)15-6-8-4-10(13)12(16)11(14)5-8/h4-5,9,15-16H,3,6-7H2,1-2H3. The van der Waals surface area contributed by atoms with Crippen LogP contribution in [0.4, 0.5) is 8.78 Å². The summed E-state index contributed by atoms with van der Waals surface area (Å²) < 4.78 is 31.1. The largest absolute Gasteiger partial charge is 0.503 e. The van der Waals surface area contributed by atoms with E-state index in [9.17, 15) is 8.78 Å². The molecule has 1 atom stereocenters. The molecule has 0 aliphatic heterocycles. The zero-order chi connectivity index (χ0) is 12.8.